The summed E-state index contributed by atoms with van der Waals surface area (Å²) in [6.45, 7) is 1.30. The van der Waals surface area contributed by atoms with Crippen LogP contribution in [0.15, 0.2) is 45.2 Å². The molecule has 0 aliphatic rings. The number of carbonyl (C=O) groups excluding carboxylic acids is 1. The summed E-state index contributed by atoms with van der Waals surface area (Å²) in [5, 5.41) is 5.66. The van der Waals surface area contributed by atoms with Crippen LogP contribution in [0.3, 0.4) is 0 Å². The first-order chi connectivity index (χ1) is 13.5. The lowest BCUT2D eigenvalue weighted by Crippen LogP contribution is -2.31. The summed E-state index contributed by atoms with van der Waals surface area (Å²) in [5.74, 6) is -0.576. The van der Waals surface area contributed by atoms with E-state index >= 15 is 0 Å². The quantitative estimate of drug-likeness (QED) is 0.528. The molecule has 2 N–H and O–H groups in total. The van der Waals surface area contributed by atoms with Crippen LogP contribution in [0.1, 0.15) is 10.4 Å². The van der Waals surface area contributed by atoms with Crippen LogP contribution in [0.2, 0.25) is 0 Å². The van der Waals surface area contributed by atoms with Crippen LogP contribution in [0.25, 0.3) is 22.2 Å². The maximum Gasteiger partial charge on any atom is 0.303 e. The molecule has 28 heavy (non-hydrogen) atoms. The number of fused-ring (bicyclic) bond motifs is 2. The Kier molecular flexibility index (Phi) is 4.66. The highest BCUT2D eigenvalue weighted by atomic mass is 19.1. The SMILES string of the molecule is CN(C)CCNC(=O)c1ccc2oc(Nc3nc4cc(F)ccc4o3)nc2c1. The van der Waals surface area contributed by atoms with E-state index in [1.165, 1.54) is 18.2 Å². The maximum absolute atomic E-state index is 13.3. The zero-order chi connectivity index (χ0) is 19.7. The highest BCUT2D eigenvalue weighted by Crippen LogP contribution is 2.25. The lowest BCUT2D eigenvalue weighted by Gasteiger charge is -2.10. The Hall–Kier alpha value is -3.46. The van der Waals surface area contributed by atoms with Gasteiger partial charge in [-0.15, -0.1) is 0 Å². The van der Waals surface area contributed by atoms with Gasteiger partial charge in [0.05, 0.1) is 0 Å². The molecule has 0 spiro atoms. The van der Waals surface area contributed by atoms with Crippen LogP contribution in [0, 0.1) is 5.82 Å². The number of hydrogen-bond donors (Lipinski definition) is 2. The monoisotopic (exact) mass is 383 g/mol. The molecule has 2 aromatic heterocycles. The lowest BCUT2D eigenvalue weighted by atomic mass is 10.2. The van der Waals surface area contributed by atoms with Crippen LogP contribution < -0.4 is 10.6 Å². The van der Waals surface area contributed by atoms with Gasteiger partial charge in [-0.1, -0.05) is 0 Å². The minimum atomic E-state index is -0.398. The number of oxazole rings is 2. The summed E-state index contributed by atoms with van der Waals surface area (Å²) < 4.78 is 24.4. The summed E-state index contributed by atoms with van der Waals surface area (Å²) >= 11 is 0. The van der Waals surface area contributed by atoms with Crippen molar-refractivity contribution in [2.24, 2.45) is 0 Å². The molecule has 8 nitrogen and oxygen atoms in total. The topological polar surface area (TPSA) is 96.4 Å². The van der Waals surface area contributed by atoms with Gasteiger partial charge in [0.1, 0.15) is 16.9 Å². The Morgan fingerprint density at radius 3 is 2.36 bits per heavy atom. The molecule has 2 aromatic carbocycles. The Labute approximate surface area is 159 Å². The third-order valence-electron chi connectivity index (χ3n) is 4.06. The Morgan fingerprint density at radius 1 is 1.04 bits per heavy atom. The molecule has 1 amide bonds. The second-order valence-corrected chi connectivity index (χ2v) is 6.52. The van der Waals surface area contributed by atoms with E-state index in [2.05, 4.69) is 20.6 Å². The van der Waals surface area contributed by atoms with Gasteiger partial charge in [0, 0.05) is 24.7 Å². The number of halogens is 1. The maximum atomic E-state index is 13.3. The first-order valence-corrected chi connectivity index (χ1v) is 8.64. The molecule has 2 heterocycles. The second-order valence-electron chi connectivity index (χ2n) is 6.52. The highest BCUT2D eigenvalue weighted by molar-refractivity contribution is 5.97. The summed E-state index contributed by atoms with van der Waals surface area (Å²) in [6, 6.07) is 9.35. The predicted octanol–water partition coefficient (Wildman–Crippen LogP) is 3.14. The first-order valence-electron chi connectivity index (χ1n) is 8.64. The zero-order valence-corrected chi connectivity index (χ0v) is 15.3. The van der Waals surface area contributed by atoms with Crippen LogP contribution in [-0.2, 0) is 0 Å². The van der Waals surface area contributed by atoms with Crippen molar-refractivity contribution >= 4 is 40.1 Å². The summed E-state index contributed by atoms with van der Waals surface area (Å²) in [7, 11) is 3.88. The lowest BCUT2D eigenvalue weighted by molar-refractivity contribution is 0.0951. The number of nitrogens with one attached hydrogen (secondary N) is 2. The van der Waals surface area contributed by atoms with E-state index in [1.807, 2.05) is 19.0 Å². The molecule has 0 aliphatic heterocycles. The number of carbonyl (C=O) groups is 1. The fourth-order valence-corrected chi connectivity index (χ4v) is 2.66. The molecule has 0 saturated carbocycles. The zero-order valence-electron chi connectivity index (χ0n) is 15.3. The van der Waals surface area contributed by atoms with Crippen molar-refractivity contribution in [3.8, 4) is 0 Å². The molecule has 0 saturated heterocycles. The number of aromatic nitrogens is 2. The number of nitrogens with zero attached hydrogens (tertiary/aromatic N) is 3. The third kappa shape index (κ3) is 3.79. The molecular formula is C19H18FN5O3. The molecule has 0 atom stereocenters. The molecule has 0 bridgehead atoms. The fraction of sp³-hybridized carbons (Fsp3) is 0.211. The smallest absolute Gasteiger partial charge is 0.303 e. The van der Waals surface area contributed by atoms with E-state index in [-0.39, 0.29) is 17.9 Å². The van der Waals surface area contributed by atoms with E-state index in [0.717, 1.165) is 6.54 Å². The van der Waals surface area contributed by atoms with Crippen molar-refractivity contribution in [1.82, 2.24) is 20.2 Å². The van der Waals surface area contributed by atoms with Gasteiger partial charge in [-0.3, -0.25) is 10.1 Å². The van der Waals surface area contributed by atoms with Crippen LogP contribution in [-0.4, -0.2) is 48.0 Å². The molecule has 144 valence electrons. The first kappa shape index (κ1) is 17.9. The predicted molar refractivity (Wildman–Crippen MR) is 102 cm³/mol. The van der Waals surface area contributed by atoms with E-state index in [9.17, 15) is 9.18 Å². The number of hydrogen-bond acceptors (Lipinski definition) is 7. The Balaban J connectivity index is 1.51. The molecule has 0 unspecified atom stereocenters. The number of rotatable bonds is 6. The van der Waals surface area contributed by atoms with Gasteiger partial charge in [0.2, 0.25) is 0 Å². The summed E-state index contributed by atoms with van der Waals surface area (Å²) in [5.41, 5.74) is 2.34. The molecule has 0 aliphatic carbocycles. The van der Waals surface area contributed by atoms with E-state index in [1.54, 1.807) is 18.2 Å². The minimum absolute atomic E-state index is 0.133. The number of benzene rings is 2. The average Bonchev–Trinajstić information content (AvgIpc) is 3.22. The van der Waals surface area contributed by atoms with Crippen LogP contribution >= 0.6 is 0 Å². The number of anilines is 2. The Bertz CT molecular complexity index is 1150. The minimum Gasteiger partial charge on any atom is -0.423 e. The molecule has 0 fully saturated rings. The van der Waals surface area contributed by atoms with Crippen molar-refractivity contribution < 1.29 is 18.0 Å². The normalized spacial score (nSPS) is 11.4. The third-order valence-corrected chi connectivity index (χ3v) is 4.06. The fourth-order valence-electron chi connectivity index (χ4n) is 2.66. The van der Waals surface area contributed by atoms with Gasteiger partial charge in [-0.05, 0) is 44.4 Å². The number of likely N-dealkylation sites (N-methyl/N-ethyl adjacent to an activating group) is 1. The summed E-state index contributed by atoms with van der Waals surface area (Å²) in [6.07, 6.45) is 0. The van der Waals surface area contributed by atoms with Crippen molar-refractivity contribution in [2.45, 2.75) is 0 Å². The second kappa shape index (κ2) is 7.28. The van der Waals surface area contributed by atoms with Gasteiger partial charge in [0.15, 0.2) is 11.2 Å². The van der Waals surface area contributed by atoms with E-state index in [4.69, 9.17) is 8.83 Å². The van der Waals surface area contributed by atoms with Crippen LogP contribution in [0.5, 0.6) is 0 Å². The standard InChI is InChI=1S/C19H18FN5O3/c1-25(2)8-7-21-17(26)11-3-5-15-13(9-11)22-18(27-15)24-19-23-14-10-12(20)4-6-16(14)28-19/h3-6,9-10H,7-8H2,1-2H3,(H,21,26)(H,22,23,24). The average molecular weight is 383 g/mol. The van der Waals surface area contributed by atoms with E-state index in [0.29, 0.717) is 34.3 Å². The van der Waals surface area contributed by atoms with E-state index < -0.39 is 5.82 Å². The molecular weight excluding hydrogens is 365 g/mol. The van der Waals surface area contributed by atoms with Gasteiger partial charge >= 0.3 is 12.0 Å². The van der Waals surface area contributed by atoms with Gasteiger partial charge in [-0.25, -0.2) is 4.39 Å². The van der Waals surface area contributed by atoms with Crippen molar-refractivity contribution in [1.29, 1.82) is 0 Å². The summed E-state index contributed by atoms with van der Waals surface area (Å²) in [4.78, 5) is 22.7. The highest BCUT2D eigenvalue weighted by Gasteiger charge is 2.13. The van der Waals surface area contributed by atoms with Crippen LogP contribution in [0.4, 0.5) is 16.4 Å². The van der Waals surface area contributed by atoms with Gasteiger partial charge < -0.3 is 19.1 Å². The van der Waals surface area contributed by atoms with Crippen molar-refractivity contribution in [3.63, 3.8) is 0 Å². The van der Waals surface area contributed by atoms with Crippen molar-refractivity contribution in [3.05, 3.63) is 47.8 Å². The largest absolute Gasteiger partial charge is 0.423 e. The molecule has 9 heteroatoms. The van der Waals surface area contributed by atoms with Crippen molar-refractivity contribution in [2.75, 3.05) is 32.5 Å². The molecule has 4 rings (SSSR count). The molecule has 0 radical (unpaired) electrons. The van der Waals surface area contributed by atoms with Gasteiger partial charge in [-0.2, -0.15) is 9.97 Å². The van der Waals surface area contributed by atoms with Gasteiger partial charge in [0.25, 0.3) is 5.91 Å². The number of amides is 1. The Morgan fingerprint density at radius 2 is 1.68 bits per heavy atom. The molecule has 4 aromatic rings.